The summed E-state index contributed by atoms with van der Waals surface area (Å²) in [5.74, 6) is 1.06. The largest absolute Gasteiger partial charge is 0.348 e. The van der Waals surface area contributed by atoms with Crippen molar-refractivity contribution in [2.45, 2.75) is 45.3 Å². The number of imidazole rings is 1. The zero-order valence-electron chi connectivity index (χ0n) is 15.6. The molecule has 0 saturated carbocycles. The maximum atomic E-state index is 6.12. The van der Waals surface area contributed by atoms with Crippen LogP contribution in [0.2, 0.25) is 0 Å². The standard InChI is InChI=1S/C13H11B.C9H16N2/c14-13(11-7-3-1-4-8-11)12-9-5-2-6-10-12;1-6(2)8-9(7(3)4)11-5-10-8/h1-10,13H;5-7H,1-4H3,(H,10,11). The molecule has 0 aliphatic heterocycles. The van der Waals surface area contributed by atoms with Gasteiger partial charge in [-0.15, -0.1) is 0 Å². The summed E-state index contributed by atoms with van der Waals surface area (Å²) in [5, 5.41) is 0. The van der Waals surface area contributed by atoms with E-state index in [1.54, 1.807) is 6.33 Å². The first kappa shape index (κ1) is 19.0. The van der Waals surface area contributed by atoms with Crippen LogP contribution in [-0.2, 0) is 0 Å². The molecule has 1 N–H and O–H groups in total. The highest BCUT2D eigenvalue weighted by Gasteiger charge is 2.11. The quantitative estimate of drug-likeness (QED) is 0.620. The van der Waals surface area contributed by atoms with Crippen LogP contribution >= 0.6 is 0 Å². The van der Waals surface area contributed by atoms with Gasteiger partial charge < -0.3 is 4.98 Å². The van der Waals surface area contributed by atoms with Gasteiger partial charge >= 0.3 is 0 Å². The van der Waals surface area contributed by atoms with E-state index in [0.29, 0.717) is 11.8 Å². The van der Waals surface area contributed by atoms with Gasteiger partial charge in [0, 0.05) is 5.69 Å². The Hall–Kier alpha value is -2.29. The monoisotopic (exact) mass is 330 g/mol. The van der Waals surface area contributed by atoms with Gasteiger partial charge in [-0.1, -0.05) is 88.4 Å². The molecular formula is C22H27BN2. The predicted octanol–water partition coefficient (Wildman–Crippen LogP) is 5.60. The molecular weight excluding hydrogens is 303 g/mol. The molecule has 3 heteroatoms. The maximum Gasteiger partial charge on any atom is 0.0925 e. The number of nitrogens with zero attached hydrogens (tertiary/aromatic N) is 1. The van der Waals surface area contributed by atoms with Crippen molar-refractivity contribution in [2.75, 3.05) is 0 Å². The molecule has 0 unspecified atom stereocenters. The molecule has 0 saturated heterocycles. The zero-order chi connectivity index (χ0) is 18.2. The minimum absolute atomic E-state index is 0.0163. The number of rotatable bonds is 4. The maximum absolute atomic E-state index is 6.12. The van der Waals surface area contributed by atoms with Crippen molar-refractivity contribution in [3.8, 4) is 0 Å². The second kappa shape index (κ2) is 9.26. The average Bonchev–Trinajstić information content (AvgIpc) is 3.14. The van der Waals surface area contributed by atoms with Crippen molar-refractivity contribution < 1.29 is 0 Å². The Kier molecular flexibility index (Phi) is 7.06. The van der Waals surface area contributed by atoms with Crippen molar-refractivity contribution in [1.82, 2.24) is 9.97 Å². The molecule has 0 aliphatic rings. The molecule has 3 aromatic rings. The van der Waals surface area contributed by atoms with Crippen molar-refractivity contribution >= 4 is 7.85 Å². The molecule has 0 aliphatic carbocycles. The molecule has 2 aromatic carbocycles. The van der Waals surface area contributed by atoms with Gasteiger partial charge in [0.25, 0.3) is 0 Å². The van der Waals surface area contributed by atoms with Gasteiger partial charge in [-0.3, -0.25) is 0 Å². The van der Waals surface area contributed by atoms with Crippen molar-refractivity contribution in [2.24, 2.45) is 0 Å². The SMILES string of the molecule is CC(C)c1nc[nH]c1C(C)C.[B]C(c1ccccc1)c1ccccc1. The van der Waals surface area contributed by atoms with Crippen molar-refractivity contribution in [3.63, 3.8) is 0 Å². The lowest BCUT2D eigenvalue weighted by Gasteiger charge is -2.12. The van der Waals surface area contributed by atoms with E-state index in [0.717, 1.165) is 11.1 Å². The summed E-state index contributed by atoms with van der Waals surface area (Å²) in [7, 11) is 6.12. The van der Waals surface area contributed by atoms with Gasteiger partial charge in [0.1, 0.15) is 0 Å². The number of nitrogens with one attached hydrogen (secondary N) is 1. The Morgan fingerprint density at radius 2 is 1.24 bits per heavy atom. The summed E-state index contributed by atoms with van der Waals surface area (Å²) in [4.78, 5) is 7.46. The number of aromatic nitrogens is 2. The second-order valence-electron chi connectivity index (χ2n) is 6.81. The van der Waals surface area contributed by atoms with E-state index >= 15 is 0 Å². The fraction of sp³-hybridized carbons (Fsp3) is 0.318. The Labute approximate surface area is 153 Å². The fourth-order valence-electron chi connectivity index (χ4n) is 2.75. The molecule has 1 aromatic heterocycles. The Bertz CT molecular complexity index is 671. The molecule has 128 valence electrons. The Morgan fingerprint density at radius 1 is 0.760 bits per heavy atom. The third-order valence-corrected chi connectivity index (χ3v) is 4.14. The number of benzene rings is 2. The Morgan fingerprint density at radius 3 is 1.60 bits per heavy atom. The molecule has 0 atom stereocenters. The van der Waals surface area contributed by atoms with Crippen molar-refractivity contribution in [1.29, 1.82) is 0 Å². The van der Waals surface area contributed by atoms with Crippen LogP contribution in [0.15, 0.2) is 67.0 Å². The molecule has 0 spiro atoms. The zero-order valence-corrected chi connectivity index (χ0v) is 15.6. The highest BCUT2D eigenvalue weighted by molar-refractivity contribution is 6.14. The number of hydrogen-bond donors (Lipinski definition) is 1. The first-order valence-electron chi connectivity index (χ1n) is 8.89. The summed E-state index contributed by atoms with van der Waals surface area (Å²) in [6, 6.07) is 20.3. The van der Waals surface area contributed by atoms with Gasteiger partial charge in [-0.05, 0) is 28.8 Å². The first-order chi connectivity index (χ1) is 12.0. The van der Waals surface area contributed by atoms with Gasteiger partial charge in [0.2, 0.25) is 0 Å². The van der Waals surface area contributed by atoms with Gasteiger partial charge in [-0.25, -0.2) is 4.98 Å². The average molecular weight is 330 g/mol. The minimum atomic E-state index is -0.0163. The summed E-state index contributed by atoms with van der Waals surface area (Å²) < 4.78 is 0. The highest BCUT2D eigenvalue weighted by Crippen LogP contribution is 2.22. The highest BCUT2D eigenvalue weighted by atomic mass is 14.9. The lowest BCUT2D eigenvalue weighted by atomic mass is 9.76. The van der Waals surface area contributed by atoms with Gasteiger partial charge in [0.15, 0.2) is 0 Å². The first-order valence-corrected chi connectivity index (χ1v) is 8.89. The number of aromatic amines is 1. The lowest BCUT2D eigenvalue weighted by Crippen LogP contribution is -1.99. The van der Waals surface area contributed by atoms with Crippen LogP contribution < -0.4 is 0 Å². The van der Waals surface area contributed by atoms with E-state index in [1.807, 2.05) is 36.4 Å². The van der Waals surface area contributed by atoms with Crippen LogP contribution in [0.25, 0.3) is 0 Å². The summed E-state index contributed by atoms with van der Waals surface area (Å²) >= 11 is 0. The normalized spacial score (nSPS) is 10.8. The minimum Gasteiger partial charge on any atom is -0.348 e. The van der Waals surface area contributed by atoms with Crippen LogP contribution in [-0.4, -0.2) is 17.8 Å². The summed E-state index contributed by atoms with van der Waals surface area (Å²) in [6.45, 7) is 8.70. The van der Waals surface area contributed by atoms with E-state index in [9.17, 15) is 0 Å². The van der Waals surface area contributed by atoms with E-state index in [-0.39, 0.29) is 5.82 Å². The fourth-order valence-corrected chi connectivity index (χ4v) is 2.75. The van der Waals surface area contributed by atoms with E-state index in [2.05, 4.69) is 61.9 Å². The smallest absolute Gasteiger partial charge is 0.0925 e. The lowest BCUT2D eigenvalue weighted by molar-refractivity contribution is 0.759. The third-order valence-electron chi connectivity index (χ3n) is 4.14. The second-order valence-corrected chi connectivity index (χ2v) is 6.81. The molecule has 1 heterocycles. The van der Waals surface area contributed by atoms with E-state index in [4.69, 9.17) is 7.85 Å². The number of H-pyrrole nitrogens is 1. The van der Waals surface area contributed by atoms with Gasteiger partial charge in [0.05, 0.1) is 19.9 Å². The van der Waals surface area contributed by atoms with E-state index in [1.165, 1.54) is 11.4 Å². The summed E-state index contributed by atoms with van der Waals surface area (Å²) in [5.41, 5.74) is 4.79. The molecule has 0 fully saturated rings. The summed E-state index contributed by atoms with van der Waals surface area (Å²) in [6.07, 6.45) is 1.78. The predicted molar refractivity (Wildman–Crippen MR) is 107 cm³/mol. The molecule has 25 heavy (non-hydrogen) atoms. The molecule has 2 radical (unpaired) electrons. The molecule has 2 nitrogen and oxygen atoms in total. The van der Waals surface area contributed by atoms with Crippen LogP contribution in [0.5, 0.6) is 0 Å². The van der Waals surface area contributed by atoms with Crippen LogP contribution in [0, 0.1) is 0 Å². The molecule has 0 bridgehead atoms. The third kappa shape index (κ3) is 5.35. The van der Waals surface area contributed by atoms with Crippen LogP contribution in [0.3, 0.4) is 0 Å². The van der Waals surface area contributed by atoms with Crippen LogP contribution in [0.1, 0.15) is 67.9 Å². The molecule has 3 rings (SSSR count). The molecule has 0 amide bonds. The van der Waals surface area contributed by atoms with Crippen molar-refractivity contribution in [3.05, 3.63) is 89.5 Å². The van der Waals surface area contributed by atoms with Gasteiger partial charge in [-0.2, -0.15) is 0 Å². The Balaban J connectivity index is 0.000000186. The number of hydrogen-bond acceptors (Lipinski definition) is 1. The van der Waals surface area contributed by atoms with E-state index < -0.39 is 0 Å². The topological polar surface area (TPSA) is 28.7 Å². The van der Waals surface area contributed by atoms with Crippen LogP contribution in [0.4, 0.5) is 0 Å².